The molecule has 1 amide bonds. The average molecular weight is 325 g/mol. The fourth-order valence-electron chi connectivity index (χ4n) is 2.08. The van der Waals surface area contributed by atoms with Crippen LogP contribution in [0.2, 0.25) is 0 Å². The van der Waals surface area contributed by atoms with Gasteiger partial charge in [0, 0.05) is 35.9 Å². The minimum absolute atomic E-state index is 0.210. The third-order valence-electron chi connectivity index (χ3n) is 3.24. The van der Waals surface area contributed by atoms with E-state index in [1.165, 1.54) is 6.08 Å². The van der Waals surface area contributed by atoms with Crippen molar-refractivity contribution < 1.29 is 4.79 Å². The molecule has 2 heterocycles. The lowest BCUT2D eigenvalue weighted by molar-refractivity contribution is -0.111. The molecule has 0 unspecified atom stereocenters. The first-order chi connectivity index (χ1) is 12.3. The lowest BCUT2D eigenvalue weighted by Crippen LogP contribution is -2.07. The molecule has 1 N–H and O–H groups in total. The van der Waals surface area contributed by atoms with Crippen LogP contribution in [-0.2, 0) is 4.79 Å². The molecular weight excluding hydrogens is 310 g/mol. The van der Waals surface area contributed by atoms with Gasteiger partial charge in [-0.15, -0.1) is 0 Å². The molecule has 0 aliphatic rings. The molecule has 0 spiro atoms. The van der Waals surface area contributed by atoms with Crippen LogP contribution < -0.4 is 5.32 Å². The third-order valence-corrected chi connectivity index (χ3v) is 3.24. The normalized spacial score (nSPS) is 10.1. The number of rotatable bonds is 3. The summed E-state index contributed by atoms with van der Waals surface area (Å²) in [5, 5.41) is 2.82. The van der Waals surface area contributed by atoms with Crippen molar-refractivity contribution >= 4 is 17.7 Å². The molecule has 0 atom stereocenters. The number of nitrogens with zero attached hydrogens (tertiary/aromatic N) is 2. The van der Waals surface area contributed by atoms with Gasteiger partial charge in [-0.1, -0.05) is 24.1 Å². The number of carbonyl (C=O) groups is 1. The first-order valence-corrected chi connectivity index (χ1v) is 7.72. The Hall–Kier alpha value is -3.71. The van der Waals surface area contributed by atoms with Crippen molar-refractivity contribution in [2.75, 3.05) is 5.32 Å². The van der Waals surface area contributed by atoms with Crippen LogP contribution in [0.5, 0.6) is 0 Å². The molecule has 0 saturated carbocycles. The van der Waals surface area contributed by atoms with Gasteiger partial charge in [-0.3, -0.25) is 9.78 Å². The van der Waals surface area contributed by atoms with E-state index in [1.807, 2.05) is 54.6 Å². The van der Waals surface area contributed by atoms with Crippen LogP contribution in [0.3, 0.4) is 0 Å². The highest BCUT2D eigenvalue weighted by Crippen LogP contribution is 2.10. The molecule has 0 bridgehead atoms. The second kappa shape index (κ2) is 8.23. The maximum atomic E-state index is 12.0. The highest BCUT2D eigenvalue weighted by atomic mass is 16.1. The van der Waals surface area contributed by atoms with E-state index in [2.05, 4.69) is 27.1 Å². The Bertz CT molecular complexity index is 939. The van der Waals surface area contributed by atoms with E-state index in [0.717, 1.165) is 11.1 Å². The standard InChI is InChI=1S/C21H15N3O/c25-21(12-10-18-6-4-13-22-16-18)24-20-8-3-5-17(15-20)9-11-19-7-1-2-14-23-19/h1-8,10,12-16H,(H,24,25)/b12-10-. The highest BCUT2D eigenvalue weighted by Gasteiger charge is 1.98. The summed E-state index contributed by atoms with van der Waals surface area (Å²) >= 11 is 0. The minimum Gasteiger partial charge on any atom is -0.322 e. The maximum Gasteiger partial charge on any atom is 0.248 e. The summed E-state index contributed by atoms with van der Waals surface area (Å²) in [6.07, 6.45) is 8.28. The van der Waals surface area contributed by atoms with Crippen molar-refractivity contribution in [3.05, 3.63) is 96.1 Å². The quantitative estimate of drug-likeness (QED) is 0.592. The highest BCUT2D eigenvalue weighted by molar-refractivity contribution is 6.01. The SMILES string of the molecule is O=C(/C=C\c1cccnc1)Nc1cccc(C#Cc2ccccn2)c1. The van der Waals surface area contributed by atoms with Gasteiger partial charge in [0.2, 0.25) is 5.91 Å². The second-order valence-electron chi connectivity index (χ2n) is 5.15. The molecular formula is C21H15N3O. The topological polar surface area (TPSA) is 54.9 Å². The Morgan fingerprint density at radius 2 is 1.96 bits per heavy atom. The van der Waals surface area contributed by atoms with Gasteiger partial charge >= 0.3 is 0 Å². The Kier molecular flexibility index (Phi) is 5.32. The zero-order valence-corrected chi connectivity index (χ0v) is 13.4. The van der Waals surface area contributed by atoms with Gasteiger partial charge in [0.15, 0.2) is 0 Å². The monoisotopic (exact) mass is 325 g/mol. The van der Waals surface area contributed by atoms with Crippen LogP contribution in [0, 0.1) is 11.8 Å². The van der Waals surface area contributed by atoms with Crippen LogP contribution >= 0.6 is 0 Å². The van der Waals surface area contributed by atoms with Crippen LogP contribution in [0.4, 0.5) is 5.69 Å². The number of hydrogen-bond donors (Lipinski definition) is 1. The van der Waals surface area contributed by atoms with Gasteiger partial charge in [0.25, 0.3) is 0 Å². The summed E-state index contributed by atoms with van der Waals surface area (Å²) < 4.78 is 0. The van der Waals surface area contributed by atoms with Crippen LogP contribution in [0.1, 0.15) is 16.8 Å². The summed E-state index contributed by atoms with van der Waals surface area (Å²) in [6, 6.07) is 16.7. The number of aromatic nitrogens is 2. The third kappa shape index (κ3) is 5.15. The van der Waals surface area contributed by atoms with Gasteiger partial charge in [-0.2, -0.15) is 0 Å². The van der Waals surface area contributed by atoms with Gasteiger partial charge in [-0.05, 0) is 54.0 Å². The molecule has 3 aromatic rings. The van der Waals surface area contributed by atoms with Crippen molar-refractivity contribution in [2.45, 2.75) is 0 Å². The molecule has 0 aliphatic carbocycles. The van der Waals surface area contributed by atoms with E-state index in [-0.39, 0.29) is 5.91 Å². The van der Waals surface area contributed by atoms with Crippen LogP contribution in [0.15, 0.2) is 79.3 Å². The van der Waals surface area contributed by atoms with Gasteiger partial charge in [-0.25, -0.2) is 4.98 Å². The molecule has 2 aromatic heterocycles. The summed E-state index contributed by atoms with van der Waals surface area (Å²) in [6.45, 7) is 0. The molecule has 0 saturated heterocycles. The zero-order chi connectivity index (χ0) is 17.3. The molecule has 0 radical (unpaired) electrons. The second-order valence-corrected chi connectivity index (χ2v) is 5.15. The Morgan fingerprint density at radius 3 is 2.76 bits per heavy atom. The smallest absolute Gasteiger partial charge is 0.248 e. The van der Waals surface area contributed by atoms with Crippen molar-refractivity contribution in [3.8, 4) is 11.8 Å². The summed E-state index contributed by atoms with van der Waals surface area (Å²) in [5.41, 5.74) is 3.07. The van der Waals surface area contributed by atoms with E-state index in [4.69, 9.17) is 0 Å². The van der Waals surface area contributed by atoms with Gasteiger partial charge < -0.3 is 5.32 Å². The predicted octanol–water partition coefficient (Wildman–Crippen LogP) is 3.53. The maximum absolute atomic E-state index is 12.0. The molecule has 4 heteroatoms. The molecule has 120 valence electrons. The predicted molar refractivity (Wildman–Crippen MR) is 98.6 cm³/mol. The number of carbonyl (C=O) groups excluding carboxylic acids is 1. The number of anilines is 1. The Balaban J connectivity index is 1.67. The summed E-state index contributed by atoms with van der Waals surface area (Å²) in [7, 11) is 0. The van der Waals surface area contributed by atoms with Gasteiger partial charge in [0.05, 0.1) is 0 Å². The fraction of sp³-hybridized carbons (Fsp3) is 0. The lowest BCUT2D eigenvalue weighted by Gasteiger charge is -2.02. The molecule has 4 nitrogen and oxygen atoms in total. The van der Waals surface area contributed by atoms with Gasteiger partial charge in [0.1, 0.15) is 5.69 Å². The fourth-order valence-corrected chi connectivity index (χ4v) is 2.08. The van der Waals surface area contributed by atoms with Crippen molar-refractivity contribution in [1.82, 2.24) is 9.97 Å². The number of amides is 1. The first kappa shape index (κ1) is 16.2. The van der Waals surface area contributed by atoms with E-state index < -0.39 is 0 Å². The first-order valence-electron chi connectivity index (χ1n) is 7.72. The number of benzene rings is 1. The molecule has 0 aliphatic heterocycles. The lowest BCUT2D eigenvalue weighted by atomic mass is 10.2. The van der Waals surface area contributed by atoms with Crippen LogP contribution in [-0.4, -0.2) is 15.9 Å². The van der Waals surface area contributed by atoms with Crippen molar-refractivity contribution in [1.29, 1.82) is 0 Å². The number of nitrogens with one attached hydrogen (secondary N) is 1. The summed E-state index contributed by atoms with van der Waals surface area (Å²) in [5.74, 6) is 5.83. The molecule has 1 aromatic carbocycles. The molecule has 0 fully saturated rings. The average Bonchev–Trinajstić information content (AvgIpc) is 2.67. The molecule has 25 heavy (non-hydrogen) atoms. The largest absolute Gasteiger partial charge is 0.322 e. The number of pyridine rings is 2. The summed E-state index contributed by atoms with van der Waals surface area (Å²) in [4.78, 5) is 20.2. The molecule has 3 rings (SSSR count). The Morgan fingerprint density at radius 1 is 1.00 bits per heavy atom. The van der Waals surface area contributed by atoms with Crippen LogP contribution in [0.25, 0.3) is 6.08 Å². The van der Waals surface area contributed by atoms with Crippen molar-refractivity contribution in [3.63, 3.8) is 0 Å². The van der Waals surface area contributed by atoms with E-state index in [1.54, 1.807) is 24.7 Å². The van der Waals surface area contributed by atoms with Crippen molar-refractivity contribution in [2.24, 2.45) is 0 Å². The zero-order valence-electron chi connectivity index (χ0n) is 13.4. The number of hydrogen-bond acceptors (Lipinski definition) is 3. The van der Waals surface area contributed by atoms with E-state index in [0.29, 0.717) is 11.4 Å². The van der Waals surface area contributed by atoms with E-state index in [9.17, 15) is 4.79 Å². The Labute approximate surface area is 146 Å². The minimum atomic E-state index is -0.210. The van der Waals surface area contributed by atoms with E-state index >= 15 is 0 Å².